The van der Waals surface area contributed by atoms with Crippen molar-refractivity contribution in [3.05, 3.63) is 63.3 Å². The van der Waals surface area contributed by atoms with Crippen LogP contribution in [0.15, 0.2) is 46.9 Å². The molecule has 0 amide bonds. The van der Waals surface area contributed by atoms with Gasteiger partial charge in [-0.25, -0.2) is 4.39 Å². The van der Waals surface area contributed by atoms with E-state index in [-0.39, 0.29) is 18.0 Å². The summed E-state index contributed by atoms with van der Waals surface area (Å²) in [6.07, 6.45) is -0.441. The Balaban J connectivity index is 2.02. The van der Waals surface area contributed by atoms with Crippen molar-refractivity contribution in [2.45, 2.75) is 19.4 Å². The van der Waals surface area contributed by atoms with Crippen molar-refractivity contribution in [2.24, 2.45) is 0 Å². The summed E-state index contributed by atoms with van der Waals surface area (Å²) in [7, 11) is 0. The lowest BCUT2D eigenvalue weighted by Gasteiger charge is -2.14. The molecule has 0 fully saturated rings. The van der Waals surface area contributed by atoms with Crippen LogP contribution in [0.3, 0.4) is 0 Å². The van der Waals surface area contributed by atoms with Crippen LogP contribution in [-0.2, 0) is 11.2 Å². The van der Waals surface area contributed by atoms with Crippen molar-refractivity contribution in [2.75, 3.05) is 0 Å². The van der Waals surface area contributed by atoms with Crippen LogP contribution in [0.25, 0.3) is 0 Å². The highest BCUT2D eigenvalue weighted by Crippen LogP contribution is 2.21. The van der Waals surface area contributed by atoms with E-state index in [0.29, 0.717) is 15.2 Å². The molecule has 1 atom stereocenters. The molecule has 2 rings (SSSR count). The lowest BCUT2D eigenvalue weighted by atomic mass is 10.1. The van der Waals surface area contributed by atoms with Crippen LogP contribution >= 0.6 is 27.5 Å². The maximum atomic E-state index is 13.0. The molecule has 2 nitrogen and oxygen atoms in total. The van der Waals surface area contributed by atoms with Crippen LogP contribution in [-0.4, -0.2) is 11.9 Å². The predicted molar refractivity (Wildman–Crippen MR) is 84.4 cm³/mol. The highest BCUT2D eigenvalue weighted by molar-refractivity contribution is 9.10. The van der Waals surface area contributed by atoms with Crippen LogP contribution < -0.4 is 4.74 Å². The second-order valence-corrected chi connectivity index (χ2v) is 5.89. The molecule has 1 unspecified atom stereocenters. The zero-order chi connectivity index (χ0) is 15.4. The summed E-state index contributed by atoms with van der Waals surface area (Å²) in [6, 6.07) is 11.1. The zero-order valence-corrected chi connectivity index (χ0v) is 13.6. The van der Waals surface area contributed by atoms with E-state index < -0.39 is 6.10 Å². The Kier molecular flexibility index (Phi) is 5.37. The fourth-order valence-corrected chi connectivity index (χ4v) is 2.48. The number of hydrogen-bond acceptors (Lipinski definition) is 2. The number of hydrogen-bond donors (Lipinski definition) is 0. The van der Waals surface area contributed by atoms with Gasteiger partial charge in [0.25, 0.3) is 0 Å². The fourth-order valence-electron chi connectivity index (χ4n) is 1.81. The van der Waals surface area contributed by atoms with Crippen molar-refractivity contribution in [1.82, 2.24) is 0 Å². The molecule has 0 bridgehead atoms. The number of ether oxygens (including phenoxy) is 1. The smallest absolute Gasteiger partial charge is 0.177 e. The van der Waals surface area contributed by atoms with E-state index in [2.05, 4.69) is 15.9 Å². The van der Waals surface area contributed by atoms with Gasteiger partial charge < -0.3 is 4.74 Å². The van der Waals surface area contributed by atoms with Gasteiger partial charge in [0, 0.05) is 15.9 Å². The molecule has 5 heteroatoms. The highest BCUT2D eigenvalue weighted by atomic mass is 79.9. The highest BCUT2D eigenvalue weighted by Gasteiger charge is 2.17. The second-order valence-electron chi connectivity index (χ2n) is 4.60. The summed E-state index contributed by atoms with van der Waals surface area (Å²) in [6.45, 7) is 1.68. The molecule has 0 heterocycles. The summed E-state index contributed by atoms with van der Waals surface area (Å²) in [5.74, 6) is 0.102. The summed E-state index contributed by atoms with van der Waals surface area (Å²) < 4.78 is 19.2. The molecule has 21 heavy (non-hydrogen) atoms. The lowest BCUT2D eigenvalue weighted by molar-refractivity contribution is -0.124. The molecular formula is C16H13BrClFO2. The molecule has 0 aliphatic heterocycles. The number of Topliss-reactive ketones (excluding diaryl/α,β-unsaturated/α-hetero) is 1. The summed E-state index contributed by atoms with van der Waals surface area (Å²) in [5.41, 5.74) is 0.725. The van der Waals surface area contributed by atoms with E-state index in [9.17, 15) is 9.18 Å². The zero-order valence-electron chi connectivity index (χ0n) is 11.3. The van der Waals surface area contributed by atoms with Gasteiger partial charge >= 0.3 is 0 Å². The second kappa shape index (κ2) is 7.05. The van der Waals surface area contributed by atoms with E-state index in [0.717, 1.165) is 5.56 Å². The molecule has 0 saturated carbocycles. The number of ketones is 1. The number of carbonyl (C=O) groups excluding carboxylic acids is 1. The Labute approximate surface area is 136 Å². The van der Waals surface area contributed by atoms with Crippen LogP contribution in [0.2, 0.25) is 5.02 Å². The molecule has 2 aromatic rings. The molecular weight excluding hydrogens is 359 g/mol. The Morgan fingerprint density at radius 2 is 2.10 bits per heavy atom. The third-order valence-electron chi connectivity index (χ3n) is 2.94. The maximum Gasteiger partial charge on any atom is 0.177 e. The predicted octanol–water partition coefficient (Wildman–Crippen LogP) is 4.82. The Morgan fingerprint density at radius 1 is 1.33 bits per heavy atom. The number of halogens is 3. The number of rotatable bonds is 5. The fraction of sp³-hybridized carbons (Fsp3) is 0.188. The van der Waals surface area contributed by atoms with Crippen LogP contribution in [0.1, 0.15) is 12.5 Å². The molecule has 0 saturated heterocycles. The number of benzene rings is 2. The third kappa shape index (κ3) is 4.55. The van der Waals surface area contributed by atoms with E-state index >= 15 is 0 Å². The van der Waals surface area contributed by atoms with Crippen molar-refractivity contribution >= 4 is 33.3 Å². The van der Waals surface area contributed by atoms with Gasteiger partial charge in [0.1, 0.15) is 11.6 Å². The minimum absolute atomic E-state index is 0.0951. The van der Waals surface area contributed by atoms with Crippen molar-refractivity contribution in [3.63, 3.8) is 0 Å². The monoisotopic (exact) mass is 370 g/mol. The van der Waals surface area contributed by atoms with Crippen LogP contribution in [0.4, 0.5) is 4.39 Å². The normalized spacial score (nSPS) is 12.0. The van der Waals surface area contributed by atoms with Gasteiger partial charge in [0.05, 0.1) is 0 Å². The molecule has 110 valence electrons. The first kappa shape index (κ1) is 16.0. The van der Waals surface area contributed by atoms with Gasteiger partial charge in [0.2, 0.25) is 0 Å². The molecule has 0 N–H and O–H groups in total. The summed E-state index contributed by atoms with van der Waals surface area (Å²) >= 11 is 9.12. The van der Waals surface area contributed by atoms with E-state index in [4.69, 9.17) is 16.3 Å². The molecule has 0 aromatic heterocycles. The average molecular weight is 372 g/mol. The lowest BCUT2D eigenvalue weighted by Crippen LogP contribution is -2.25. The summed E-state index contributed by atoms with van der Waals surface area (Å²) in [4.78, 5) is 12.2. The van der Waals surface area contributed by atoms with Gasteiger partial charge in [-0.15, -0.1) is 0 Å². The summed E-state index contributed by atoms with van der Waals surface area (Å²) in [5, 5.41) is 0.549. The van der Waals surface area contributed by atoms with Gasteiger partial charge in [-0.3, -0.25) is 4.79 Å². The van der Waals surface area contributed by atoms with E-state index in [1.54, 1.807) is 37.3 Å². The average Bonchev–Trinajstić information content (AvgIpc) is 2.41. The van der Waals surface area contributed by atoms with Gasteiger partial charge in [-0.2, -0.15) is 0 Å². The van der Waals surface area contributed by atoms with Gasteiger partial charge in [-0.1, -0.05) is 39.7 Å². The molecule has 2 aromatic carbocycles. The molecule has 0 spiro atoms. The first-order valence-corrected chi connectivity index (χ1v) is 7.51. The standard InChI is InChI=1S/C16H13BrClFO2/c1-10(21-14-4-2-3-12(18)8-14)16(20)7-11-5-6-13(19)9-15(11)17/h2-6,8-10H,7H2,1H3. The first-order chi connectivity index (χ1) is 9.95. The van der Waals surface area contributed by atoms with Crippen molar-refractivity contribution in [1.29, 1.82) is 0 Å². The molecule has 0 aliphatic carbocycles. The van der Waals surface area contributed by atoms with Crippen LogP contribution in [0.5, 0.6) is 5.75 Å². The topological polar surface area (TPSA) is 26.3 Å². The van der Waals surface area contributed by atoms with Crippen molar-refractivity contribution < 1.29 is 13.9 Å². The van der Waals surface area contributed by atoms with Crippen LogP contribution in [0, 0.1) is 5.82 Å². The maximum absolute atomic E-state index is 13.0. The quantitative estimate of drug-likeness (QED) is 0.753. The Hall–Kier alpha value is -1.39. The Morgan fingerprint density at radius 3 is 2.76 bits per heavy atom. The van der Waals surface area contributed by atoms with Crippen molar-refractivity contribution in [3.8, 4) is 5.75 Å². The SMILES string of the molecule is CC(Oc1cccc(Cl)c1)C(=O)Cc1ccc(F)cc1Br. The molecule has 0 aliphatic rings. The largest absolute Gasteiger partial charge is 0.483 e. The molecule has 0 radical (unpaired) electrons. The van der Waals surface area contributed by atoms with Gasteiger partial charge in [0.15, 0.2) is 11.9 Å². The minimum atomic E-state index is -0.611. The Bertz CT molecular complexity index is 660. The third-order valence-corrected chi connectivity index (χ3v) is 3.92. The minimum Gasteiger partial charge on any atom is -0.483 e. The number of carbonyl (C=O) groups is 1. The van der Waals surface area contributed by atoms with E-state index in [1.807, 2.05) is 0 Å². The first-order valence-electron chi connectivity index (χ1n) is 6.34. The van der Waals surface area contributed by atoms with E-state index in [1.165, 1.54) is 12.1 Å². The van der Waals surface area contributed by atoms with Gasteiger partial charge in [-0.05, 0) is 42.8 Å².